The number of imidazole rings is 1. The minimum atomic E-state index is 0.881. The summed E-state index contributed by atoms with van der Waals surface area (Å²) >= 11 is 3.33. The normalized spacial score (nSPS) is 10.7. The molecule has 0 atom stereocenters. The van der Waals surface area contributed by atoms with Crippen molar-refractivity contribution >= 4 is 21.6 Å². The summed E-state index contributed by atoms with van der Waals surface area (Å²) < 4.78 is 2.88. The van der Waals surface area contributed by atoms with Gasteiger partial charge in [-0.15, -0.1) is 0 Å². The summed E-state index contributed by atoms with van der Waals surface area (Å²) in [4.78, 5) is 4.29. The predicted molar refractivity (Wildman–Crippen MR) is 47.6 cm³/mol. The Labute approximate surface area is 73.0 Å². The van der Waals surface area contributed by atoms with E-state index in [0.717, 1.165) is 10.3 Å². The second-order valence-electron chi connectivity index (χ2n) is 2.49. The second kappa shape index (κ2) is 2.34. The van der Waals surface area contributed by atoms with Crippen LogP contribution in [0.2, 0.25) is 0 Å². The summed E-state index contributed by atoms with van der Waals surface area (Å²) in [6.45, 7) is 2.05. The molecule has 2 heterocycles. The first kappa shape index (κ1) is 6.85. The van der Waals surface area contributed by atoms with Gasteiger partial charge in [0.25, 0.3) is 0 Å². The van der Waals surface area contributed by atoms with E-state index >= 15 is 0 Å². The van der Waals surface area contributed by atoms with Gasteiger partial charge in [-0.3, -0.25) is 0 Å². The molecular weight excluding hydrogens is 204 g/mol. The molecule has 2 aromatic heterocycles. The number of hydrogen-bond donors (Lipinski definition) is 0. The van der Waals surface area contributed by atoms with Crippen molar-refractivity contribution in [1.82, 2.24) is 9.38 Å². The smallest absolute Gasteiger partial charge is 0.141 e. The predicted octanol–water partition coefficient (Wildman–Crippen LogP) is 2.41. The molecule has 0 fully saturated rings. The highest BCUT2D eigenvalue weighted by Crippen LogP contribution is 2.13. The van der Waals surface area contributed by atoms with Gasteiger partial charge in [0.2, 0.25) is 0 Å². The van der Waals surface area contributed by atoms with E-state index in [1.165, 1.54) is 5.56 Å². The fraction of sp³-hybridized carbons (Fsp3) is 0.125. The molecule has 3 heteroatoms. The minimum absolute atomic E-state index is 0.881. The molecule has 0 aromatic carbocycles. The molecule has 2 rings (SSSR count). The van der Waals surface area contributed by atoms with Crippen LogP contribution in [0, 0.1) is 6.92 Å². The van der Waals surface area contributed by atoms with Gasteiger partial charge in [-0.05, 0) is 34.5 Å². The van der Waals surface area contributed by atoms with Crippen LogP contribution in [0.5, 0.6) is 0 Å². The SMILES string of the molecule is Cc1cccn2cc(Br)nc12. The zero-order valence-corrected chi connectivity index (χ0v) is 7.67. The lowest BCUT2D eigenvalue weighted by Gasteiger charge is -1.93. The van der Waals surface area contributed by atoms with Crippen molar-refractivity contribution in [2.75, 3.05) is 0 Å². The van der Waals surface area contributed by atoms with Crippen LogP contribution >= 0.6 is 15.9 Å². The third kappa shape index (κ3) is 1.05. The van der Waals surface area contributed by atoms with Gasteiger partial charge < -0.3 is 4.40 Å². The summed E-state index contributed by atoms with van der Waals surface area (Å²) in [5.74, 6) is 0. The van der Waals surface area contributed by atoms with Crippen LogP contribution in [0.25, 0.3) is 5.65 Å². The van der Waals surface area contributed by atoms with Gasteiger partial charge >= 0.3 is 0 Å². The number of rotatable bonds is 0. The number of aryl methyl sites for hydroxylation is 1. The highest BCUT2D eigenvalue weighted by Gasteiger charge is 1.98. The number of halogens is 1. The Morgan fingerprint density at radius 2 is 2.36 bits per heavy atom. The van der Waals surface area contributed by atoms with E-state index in [0.29, 0.717) is 0 Å². The summed E-state index contributed by atoms with van der Waals surface area (Å²) in [6.07, 6.45) is 3.93. The van der Waals surface area contributed by atoms with Gasteiger partial charge in [-0.25, -0.2) is 4.98 Å². The highest BCUT2D eigenvalue weighted by atomic mass is 79.9. The molecule has 2 aromatic rings. The fourth-order valence-electron chi connectivity index (χ4n) is 1.12. The van der Waals surface area contributed by atoms with Crippen LogP contribution < -0.4 is 0 Å². The molecule has 0 radical (unpaired) electrons. The number of aromatic nitrogens is 2. The molecule has 0 saturated carbocycles. The molecule has 0 aliphatic carbocycles. The summed E-state index contributed by atoms with van der Waals surface area (Å²) in [5.41, 5.74) is 2.21. The Bertz CT molecular complexity index is 392. The number of fused-ring (bicyclic) bond motifs is 1. The number of hydrogen-bond acceptors (Lipinski definition) is 1. The van der Waals surface area contributed by atoms with E-state index in [9.17, 15) is 0 Å². The van der Waals surface area contributed by atoms with Crippen molar-refractivity contribution in [3.05, 3.63) is 34.7 Å². The summed E-state index contributed by atoms with van der Waals surface area (Å²) in [7, 11) is 0. The lowest BCUT2D eigenvalue weighted by atomic mass is 10.3. The number of nitrogens with zero attached hydrogens (tertiary/aromatic N) is 2. The Hall–Kier alpha value is -0.830. The van der Waals surface area contributed by atoms with Crippen LogP contribution in [0.3, 0.4) is 0 Å². The van der Waals surface area contributed by atoms with Crippen LogP contribution in [0.4, 0.5) is 0 Å². The molecule has 0 aliphatic heterocycles. The Kier molecular flexibility index (Phi) is 1.46. The average molecular weight is 211 g/mol. The van der Waals surface area contributed by atoms with Gasteiger partial charge in [0.05, 0.1) is 0 Å². The topological polar surface area (TPSA) is 17.3 Å². The maximum absolute atomic E-state index is 4.29. The third-order valence-electron chi connectivity index (χ3n) is 1.65. The molecule has 0 bridgehead atoms. The quantitative estimate of drug-likeness (QED) is 0.653. The molecular formula is C8H7BrN2. The van der Waals surface area contributed by atoms with E-state index in [2.05, 4.69) is 33.9 Å². The van der Waals surface area contributed by atoms with Crippen molar-refractivity contribution in [3.63, 3.8) is 0 Å². The molecule has 0 aliphatic rings. The van der Waals surface area contributed by atoms with E-state index < -0.39 is 0 Å². The molecule has 0 saturated heterocycles. The Morgan fingerprint density at radius 1 is 1.55 bits per heavy atom. The minimum Gasteiger partial charge on any atom is -0.306 e. The first-order chi connectivity index (χ1) is 5.27. The van der Waals surface area contributed by atoms with Crippen molar-refractivity contribution in [2.45, 2.75) is 6.92 Å². The van der Waals surface area contributed by atoms with Gasteiger partial charge in [-0.1, -0.05) is 6.07 Å². The number of pyridine rings is 1. The molecule has 0 unspecified atom stereocenters. The highest BCUT2D eigenvalue weighted by molar-refractivity contribution is 9.10. The second-order valence-corrected chi connectivity index (χ2v) is 3.30. The Morgan fingerprint density at radius 3 is 3.09 bits per heavy atom. The Balaban J connectivity index is 2.90. The van der Waals surface area contributed by atoms with Crippen LogP contribution in [-0.2, 0) is 0 Å². The van der Waals surface area contributed by atoms with Gasteiger partial charge in [0, 0.05) is 12.4 Å². The largest absolute Gasteiger partial charge is 0.306 e. The van der Waals surface area contributed by atoms with Gasteiger partial charge in [0.1, 0.15) is 10.3 Å². The first-order valence-corrected chi connectivity index (χ1v) is 4.16. The van der Waals surface area contributed by atoms with Crippen molar-refractivity contribution in [2.24, 2.45) is 0 Å². The maximum atomic E-state index is 4.29. The standard InChI is InChI=1S/C8H7BrN2/c1-6-3-2-4-11-5-7(9)10-8(6)11/h2-5H,1H3. The van der Waals surface area contributed by atoms with E-state index in [-0.39, 0.29) is 0 Å². The summed E-state index contributed by atoms with van der Waals surface area (Å²) in [6, 6.07) is 4.06. The third-order valence-corrected chi connectivity index (χ3v) is 2.03. The van der Waals surface area contributed by atoms with Gasteiger partial charge in [0.15, 0.2) is 0 Å². The zero-order valence-electron chi connectivity index (χ0n) is 6.08. The van der Waals surface area contributed by atoms with Gasteiger partial charge in [-0.2, -0.15) is 0 Å². The fourth-order valence-corrected chi connectivity index (χ4v) is 1.51. The van der Waals surface area contributed by atoms with E-state index in [1.807, 2.05) is 22.9 Å². The van der Waals surface area contributed by atoms with Crippen LogP contribution in [0.1, 0.15) is 5.56 Å². The monoisotopic (exact) mass is 210 g/mol. The van der Waals surface area contributed by atoms with Crippen molar-refractivity contribution < 1.29 is 0 Å². The summed E-state index contributed by atoms with van der Waals surface area (Å²) in [5, 5.41) is 0. The van der Waals surface area contributed by atoms with Crippen molar-refractivity contribution in [1.29, 1.82) is 0 Å². The van der Waals surface area contributed by atoms with E-state index in [4.69, 9.17) is 0 Å². The molecule has 2 nitrogen and oxygen atoms in total. The lowest BCUT2D eigenvalue weighted by Crippen LogP contribution is -1.83. The van der Waals surface area contributed by atoms with Crippen LogP contribution in [-0.4, -0.2) is 9.38 Å². The molecule has 0 amide bonds. The van der Waals surface area contributed by atoms with Crippen molar-refractivity contribution in [3.8, 4) is 0 Å². The molecule has 11 heavy (non-hydrogen) atoms. The average Bonchev–Trinajstić information content (AvgIpc) is 2.31. The lowest BCUT2D eigenvalue weighted by molar-refractivity contribution is 1.16. The molecule has 0 spiro atoms. The molecule has 56 valence electrons. The van der Waals surface area contributed by atoms with Crippen LogP contribution in [0.15, 0.2) is 29.1 Å². The zero-order chi connectivity index (χ0) is 7.84. The molecule has 0 N–H and O–H groups in total. The maximum Gasteiger partial charge on any atom is 0.141 e. The first-order valence-electron chi connectivity index (χ1n) is 3.37. The van der Waals surface area contributed by atoms with E-state index in [1.54, 1.807) is 0 Å².